The van der Waals surface area contributed by atoms with Crippen LogP contribution in [0.15, 0.2) is 24.0 Å². The molecule has 0 atom stereocenters. The molecule has 1 amide bonds. The Hall–Kier alpha value is -2.08. The van der Waals surface area contributed by atoms with E-state index in [1.807, 2.05) is 6.07 Å². The zero-order valence-corrected chi connectivity index (χ0v) is 10.1. The normalized spacial score (nSPS) is 19.7. The SMILES string of the molecule is O=C1NC(=S)O/C1=C\c1ccc2c(c1)OCCO2. The van der Waals surface area contributed by atoms with Crippen LogP contribution in [0.3, 0.4) is 0 Å². The largest absolute Gasteiger partial charge is 0.486 e. The van der Waals surface area contributed by atoms with E-state index >= 15 is 0 Å². The number of thiocarbonyl (C=S) groups is 1. The van der Waals surface area contributed by atoms with Gasteiger partial charge in [0, 0.05) is 0 Å². The average Bonchev–Trinajstić information content (AvgIpc) is 2.68. The molecule has 2 heterocycles. The Kier molecular flexibility index (Phi) is 2.64. The molecular weight excluding hydrogens is 254 g/mol. The van der Waals surface area contributed by atoms with Crippen molar-refractivity contribution in [2.45, 2.75) is 0 Å². The fraction of sp³-hybridized carbons (Fsp3) is 0.167. The number of carbonyl (C=O) groups excluding carboxylic acids is 1. The number of fused-ring (bicyclic) bond motifs is 1. The summed E-state index contributed by atoms with van der Waals surface area (Å²) in [5, 5.41) is 2.47. The molecule has 1 aromatic rings. The molecule has 5 nitrogen and oxygen atoms in total. The van der Waals surface area contributed by atoms with Gasteiger partial charge in [0.2, 0.25) is 0 Å². The van der Waals surface area contributed by atoms with Gasteiger partial charge in [0.1, 0.15) is 13.2 Å². The van der Waals surface area contributed by atoms with E-state index < -0.39 is 0 Å². The van der Waals surface area contributed by atoms with Gasteiger partial charge in [-0.15, -0.1) is 0 Å². The summed E-state index contributed by atoms with van der Waals surface area (Å²) in [6.45, 7) is 1.07. The lowest BCUT2D eigenvalue weighted by Crippen LogP contribution is -2.18. The summed E-state index contributed by atoms with van der Waals surface area (Å²) in [6, 6.07) is 5.41. The molecule has 0 unspecified atom stereocenters. The van der Waals surface area contributed by atoms with E-state index in [0.29, 0.717) is 24.7 Å². The van der Waals surface area contributed by atoms with Gasteiger partial charge in [0.15, 0.2) is 17.3 Å². The molecule has 0 aliphatic carbocycles. The quantitative estimate of drug-likeness (QED) is 0.610. The van der Waals surface area contributed by atoms with Crippen LogP contribution in [0.4, 0.5) is 0 Å². The maximum absolute atomic E-state index is 11.4. The van der Waals surface area contributed by atoms with Crippen LogP contribution in [0.25, 0.3) is 6.08 Å². The molecule has 2 aliphatic rings. The van der Waals surface area contributed by atoms with Gasteiger partial charge in [-0.25, -0.2) is 0 Å². The number of rotatable bonds is 1. The summed E-state index contributed by atoms with van der Waals surface area (Å²) >= 11 is 4.75. The lowest BCUT2D eigenvalue weighted by molar-refractivity contribution is -0.116. The summed E-state index contributed by atoms with van der Waals surface area (Å²) in [6.07, 6.45) is 1.60. The highest BCUT2D eigenvalue weighted by Gasteiger charge is 2.23. The maximum Gasteiger partial charge on any atom is 0.294 e. The molecule has 1 saturated heterocycles. The van der Waals surface area contributed by atoms with E-state index in [-0.39, 0.29) is 16.8 Å². The summed E-state index contributed by atoms with van der Waals surface area (Å²) in [7, 11) is 0. The Balaban J connectivity index is 1.91. The number of carbonyl (C=O) groups is 1. The molecule has 1 fully saturated rings. The molecule has 1 aromatic carbocycles. The van der Waals surface area contributed by atoms with E-state index in [0.717, 1.165) is 5.56 Å². The molecule has 6 heteroatoms. The first-order chi connectivity index (χ1) is 8.72. The van der Waals surface area contributed by atoms with Crippen LogP contribution >= 0.6 is 12.2 Å². The minimum atomic E-state index is -0.338. The predicted molar refractivity (Wildman–Crippen MR) is 67.2 cm³/mol. The Morgan fingerprint density at radius 2 is 2.00 bits per heavy atom. The summed E-state index contributed by atoms with van der Waals surface area (Å²) in [4.78, 5) is 11.4. The molecule has 18 heavy (non-hydrogen) atoms. The highest BCUT2D eigenvalue weighted by atomic mass is 32.1. The lowest BCUT2D eigenvalue weighted by atomic mass is 10.1. The topological polar surface area (TPSA) is 56.8 Å². The van der Waals surface area contributed by atoms with Crippen molar-refractivity contribution in [3.63, 3.8) is 0 Å². The van der Waals surface area contributed by atoms with Crippen molar-refractivity contribution in [2.75, 3.05) is 13.2 Å². The number of benzene rings is 1. The van der Waals surface area contributed by atoms with Gasteiger partial charge in [0.25, 0.3) is 11.1 Å². The maximum atomic E-state index is 11.4. The summed E-state index contributed by atoms with van der Waals surface area (Å²) < 4.78 is 15.9. The minimum Gasteiger partial charge on any atom is -0.486 e. The zero-order chi connectivity index (χ0) is 12.5. The highest BCUT2D eigenvalue weighted by Crippen LogP contribution is 2.31. The Labute approximate surface area is 108 Å². The van der Waals surface area contributed by atoms with Crippen LogP contribution in [-0.4, -0.2) is 24.3 Å². The van der Waals surface area contributed by atoms with Crippen LogP contribution < -0.4 is 14.8 Å². The third-order valence-corrected chi connectivity index (χ3v) is 2.69. The first-order valence-electron chi connectivity index (χ1n) is 5.37. The fourth-order valence-electron chi connectivity index (χ4n) is 1.72. The minimum absolute atomic E-state index is 0.0730. The van der Waals surface area contributed by atoms with E-state index in [4.69, 9.17) is 26.4 Å². The van der Waals surface area contributed by atoms with Crippen molar-refractivity contribution in [1.29, 1.82) is 0 Å². The number of hydrogen-bond acceptors (Lipinski definition) is 5. The van der Waals surface area contributed by atoms with Gasteiger partial charge in [-0.2, -0.15) is 0 Å². The van der Waals surface area contributed by atoms with E-state index in [9.17, 15) is 4.79 Å². The predicted octanol–water partition coefficient (Wildman–Crippen LogP) is 1.23. The number of nitrogens with one attached hydrogen (secondary N) is 1. The van der Waals surface area contributed by atoms with Crippen molar-refractivity contribution in [3.05, 3.63) is 29.5 Å². The Morgan fingerprint density at radius 3 is 2.72 bits per heavy atom. The third kappa shape index (κ3) is 2.02. The molecule has 0 aromatic heterocycles. The molecule has 0 saturated carbocycles. The first-order valence-corrected chi connectivity index (χ1v) is 5.78. The van der Waals surface area contributed by atoms with Crippen LogP contribution in [0.2, 0.25) is 0 Å². The van der Waals surface area contributed by atoms with Crippen molar-refractivity contribution in [1.82, 2.24) is 5.32 Å². The molecule has 3 rings (SSSR count). The van der Waals surface area contributed by atoms with Crippen LogP contribution in [-0.2, 0) is 9.53 Å². The molecule has 0 spiro atoms. The van der Waals surface area contributed by atoms with Crippen LogP contribution in [0, 0.1) is 0 Å². The average molecular weight is 263 g/mol. The number of ether oxygens (including phenoxy) is 3. The third-order valence-electron chi connectivity index (χ3n) is 2.51. The first kappa shape index (κ1) is 11.0. The van der Waals surface area contributed by atoms with Crippen LogP contribution in [0.5, 0.6) is 11.5 Å². The number of amides is 1. The second-order valence-electron chi connectivity index (χ2n) is 3.76. The lowest BCUT2D eigenvalue weighted by Gasteiger charge is -2.18. The van der Waals surface area contributed by atoms with Crippen LogP contribution in [0.1, 0.15) is 5.56 Å². The monoisotopic (exact) mass is 263 g/mol. The van der Waals surface area contributed by atoms with Crippen molar-refractivity contribution < 1.29 is 19.0 Å². The molecule has 0 bridgehead atoms. The number of hydrogen-bond donors (Lipinski definition) is 1. The van der Waals surface area contributed by atoms with Gasteiger partial charge in [-0.1, -0.05) is 6.07 Å². The van der Waals surface area contributed by atoms with Crippen molar-refractivity contribution in [3.8, 4) is 11.5 Å². The Bertz CT molecular complexity index is 567. The molecule has 1 N–H and O–H groups in total. The van der Waals surface area contributed by atoms with Gasteiger partial charge in [0.05, 0.1) is 0 Å². The fourth-order valence-corrected chi connectivity index (χ4v) is 1.90. The van der Waals surface area contributed by atoms with E-state index in [1.54, 1.807) is 18.2 Å². The van der Waals surface area contributed by atoms with Crippen molar-refractivity contribution in [2.24, 2.45) is 0 Å². The zero-order valence-electron chi connectivity index (χ0n) is 9.26. The highest BCUT2D eigenvalue weighted by molar-refractivity contribution is 7.80. The summed E-state index contributed by atoms with van der Waals surface area (Å²) in [5.74, 6) is 1.21. The van der Waals surface area contributed by atoms with Gasteiger partial charge >= 0.3 is 0 Å². The van der Waals surface area contributed by atoms with E-state index in [2.05, 4.69) is 5.32 Å². The summed E-state index contributed by atoms with van der Waals surface area (Å²) in [5.41, 5.74) is 0.786. The molecule has 92 valence electrons. The van der Waals surface area contributed by atoms with E-state index in [1.165, 1.54) is 0 Å². The second-order valence-corrected chi connectivity index (χ2v) is 4.13. The second kappa shape index (κ2) is 4.30. The smallest absolute Gasteiger partial charge is 0.294 e. The Morgan fingerprint density at radius 1 is 1.22 bits per heavy atom. The van der Waals surface area contributed by atoms with Crippen molar-refractivity contribution >= 4 is 29.4 Å². The molecule has 2 aliphatic heterocycles. The van der Waals surface area contributed by atoms with Gasteiger partial charge in [-0.3, -0.25) is 10.1 Å². The van der Waals surface area contributed by atoms with Gasteiger partial charge in [-0.05, 0) is 36.0 Å². The standard InChI is InChI=1S/C12H9NO4S/c14-11-10(17-12(18)13-11)6-7-1-2-8-9(5-7)16-4-3-15-8/h1-2,5-6H,3-4H2,(H,13,14,18)/b10-6-. The molecular formula is C12H9NO4S. The van der Waals surface area contributed by atoms with Gasteiger partial charge < -0.3 is 14.2 Å². The molecule has 0 radical (unpaired) electrons.